The van der Waals surface area contributed by atoms with Crippen LogP contribution in [0.4, 0.5) is 0 Å². The maximum Gasteiger partial charge on any atom is 0.313 e. The van der Waals surface area contributed by atoms with Crippen LogP contribution in [0, 0.1) is 5.41 Å². The number of rotatable bonds is 5. The topological polar surface area (TPSA) is 68.0 Å². The standard InChI is InChI=1S/C12H21N3O2S/c1-8(2)15-9(6-12(3,4)5)13-14-11(15)18-7-10(16)17/h8H,6-7H2,1-5H3,(H,16,17). The number of carboxylic acid groups (broad SMARTS) is 1. The van der Waals surface area contributed by atoms with E-state index in [1.54, 1.807) is 0 Å². The van der Waals surface area contributed by atoms with Crippen molar-refractivity contribution in [3.63, 3.8) is 0 Å². The molecule has 0 radical (unpaired) electrons. The first kappa shape index (κ1) is 15.0. The Morgan fingerprint density at radius 1 is 1.39 bits per heavy atom. The van der Waals surface area contributed by atoms with Gasteiger partial charge in [-0.3, -0.25) is 4.79 Å². The highest BCUT2D eigenvalue weighted by Crippen LogP contribution is 2.26. The van der Waals surface area contributed by atoms with E-state index in [-0.39, 0.29) is 17.2 Å². The molecule has 0 saturated carbocycles. The van der Waals surface area contributed by atoms with Gasteiger partial charge in [0.15, 0.2) is 5.16 Å². The molecular formula is C12H21N3O2S. The Morgan fingerprint density at radius 3 is 2.44 bits per heavy atom. The highest BCUT2D eigenvalue weighted by atomic mass is 32.2. The Balaban J connectivity index is 2.96. The Bertz CT molecular complexity index is 421. The zero-order valence-electron chi connectivity index (χ0n) is 11.6. The molecule has 18 heavy (non-hydrogen) atoms. The zero-order chi connectivity index (χ0) is 13.9. The summed E-state index contributed by atoms with van der Waals surface area (Å²) in [6, 6.07) is 0.230. The number of aromatic nitrogens is 3. The summed E-state index contributed by atoms with van der Waals surface area (Å²) in [6.07, 6.45) is 0.825. The minimum absolute atomic E-state index is 0.0143. The van der Waals surface area contributed by atoms with E-state index in [1.807, 2.05) is 4.57 Å². The lowest BCUT2D eigenvalue weighted by Crippen LogP contribution is -2.16. The Hall–Kier alpha value is -1.04. The summed E-state index contributed by atoms with van der Waals surface area (Å²) < 4.78 is 2.03. The molecule has 0 fully saturated rings. The number of nitrogens with zero attached hydrogens (tertiary/aromatic N) is 3. The molecule has 0 spiro atoms. The summed E-state index contributed by atoms with van der Waals surface area (Å²) in [4.78, 5) is 10.6. The maximum absolute atomic E-state index is 10.6. The largest absolute Gasteiger partial charge is 0.481 e. The van der Waals surface area contributed by atoms with E-state index in [1.165, 1.54) is 11.8 Å². The lowest BCUT2D eigenvalue weighted by atomic mass is 9.92. The molecule has 1 rings (SSSR count). The molecule has 0 aliphatic rings. The smallest absolute Gasteiger partial charge is 0.313 e. The van der Waals surface area contributed by atoms with Crippen molar-refractivity contribution in [2.45, 2.75) is 52.2 Å². The van der Waals surface area contributed by atoms with Crippen LogP contribution in [-0.2, 0) is 11.2 Å². The number of hydrogen-bond acceptors (Lipinski definition) is 4. The molecule has 0 bridgehead atoms. The van der Waals surface area contributed by atoms with Gasteiger partial charge in [-0.2, -0.15) is 0 Å². The van der Waals surface area contributed by atoms with Gasteiger partial charge in [-0.05, 0) is 19.3 Å². The Labute approximate surface area is 112 Å². The van der Waals surface area contributed by atoms with E-state index in [0.717, 1.165) is 12.2 Å². The van der Waals surface area contributed by atoms with Crippen LogP contribution in [0.5, 0.6) is 0 Å². The van der Waals surface area contributed by atoms with Crippen LogP contribution < -0.4 is 0 Å². The first-order chi connectivity index (χ1) is 8.20. The number of aliphatic carboxylic acids is 1. The fraction of sp³-hybridized carbons (Fsp3) is 0.750. The van der Waals surface area contributed by atoms with E-state index in [4.69, 9.17) is 5.11 Å². The van der Waals surface area contributed by atoms with Gasteiger partial charge >= 0.3 is 5.97 Å². The van der Waals surface area contributed by atoms with Crippen molar-refractivity contribution < 1.29 is 9.90 Å². The third-order valence-corrected chi connectivity index (χ3v) is 3.19. The van der Waals surface area contributed by atoms with Gasteiger partial charge in [0.25, 0.3) is 0 Å². The van der Waals surface area contributed by atoms with Crippen molar-refractivity contribution in [2.75, 3.05) is 5.75 Å². The van der Waals surface area contributed by atoms with Crippen LogP contribution in [0.3, 0.4) is 0 Å². The second-order valence-electron chi connectivity index (χ2n) is 5.78. The van der Waals surface area contributed by atoms with Crippen LogP contribution >= 0.6 is 11.8 Å². The molecule has 0 aliphatic heterocycles. The van der Waals surface area contributed by atoms with Gasteiger partial charge in [0.05, 0.1) is 5.75 Å². The molecule has 102 valence electrons. The quantitative estimate of drug-likeness (QED) is 0.834. The van der Waals surface area contributed by atoms with Gasteiger partial charge in [-0.15, -0.1) is 10.2 Å². The van der Waals surface area contributed by atoms with Gasteiger partial charge in [-0.25, -0.2) is 0 Å². The summed E-state index contributed by atoms with van der Waals surface area (Å²) in [6.45, 7) is 10.6. The van der Waals surface area contributed by atoms with Gasteiger partial charge in [0.2, 0.25) is 0 Å². The molecule has 1 heterocycles. The van der Waals surface area contributed by atoms with Crippen molar-refractivity contribution in [1.29, 1.82) is 0 Å². The summed E-state index contributed by atoms with van der Waals surface area (Å²) in [5.74, 6) is 0.0986. The monoisotopic (exact) mass is 271 g/mol. The molecular weight excluding hydrogens is 250 g/mol. The summed E-state index contributed by atoms with van der Waals surface area (Å²) in [7, 11) is 0. The lowest BCUT2D eigenvalue weighted by molar-refractivity contribution is -0.133. The number of hydrogen-bond donors (Lipinski definition) is 1. The number of thioether (sulfide) groups is 1. The van der Waals surface area contributed by atoms with Gasteiger partial charge in [0, 0.05) is 12.5 Å². The van der Waals surface area contributed by atoms with E-state index >= 15 is 0 Å². The fourth-order valence-electron chi connectivity index (χ4n) is 1.65. The second kappa shape index (κ2) is 5.73. The first-order valence-corrected chi connectivity index (χ1v) is 6.97. The summed E-state index contributed by atoms with van der Waals surface area (Å²) in [5, 5.41) is 17.7. The van der Waals surface area contributed by atoms with Crippen molar-refractivity contribution in [2.24, 2.45) is 5.41 Å². The predicted molar refractivity (Wildman–Crippen MR) is 71.9 cm³/mol. The SMILES string of the molecule is CC(C)n1c(CC(C)(C)C)nnc1SCC(=O)O. The molecule has 1 aromatic rings. The van der Waals surface area contributed by atoms with E-state index in [0.29, 0.717) is 5.16 Å². The molecule has 0 aliphatic carbocycles. The van der Waals surface area contributed by atoms with Crippen molar-refractivity contribution in [1.82, 2.24) is 14.8 Å². The number of carbonyl (C=O) groups is 1. The third-order valence-electron chi connectivity index (χ3n) is 2.26. The average molecular weight is 271 g/mol. The average Bonchev–Trinajstić information content (AvgIpc) is 2.55. The van der Waals surface area contributed by atoms with Crippen LogP contribution in [0.25, 0.3) is 0 Å². The minimum Gasteiger partial charge on any atom is -0.481 e. The van der Waals surface area contributed by atoms with E-state index in [9.17, 15) is 4.79 Å². The van der Waals surface area contributed by atoms with Crippen LogP contribution in [0.15, 0.2) is 5.16 Å². The first-order valence-electron chi connectivity index (χ1n) is 5.99. The van der Waals surface area contributed by atoms with Gasteiger partial charge in [0.1, 0.15) is 5.82 Å². The summed E-state index contributed by atoms with van der Waals surface area (Å²) >= 11 is 1.22. The molecule has 0 unspecified atom stereocenters. The highest BCUT2D eigenvalue weighted by Gasteiger charge is 2.21. The van der Waals surface area contributed by atoms with Crippen LogP contribution in [-0.4, -0.2) is 31.6 Å². The van der Waals surface area contributed by atoms with Gasteiger partial charge < -0.3 is 9.67 Å². The molecule has 0 amide bonds. The molecule has 1 N–H and O–H groups in total. The molecule has 1 aromatic heterocycles. The van der Waals surface area contributed by atoms with E-state index < -0.39 is 5.97 Å². The molecule has 0 aromatic carbocycles. The maximum atomic E-state index is 10.6. The lowest BCUT2D eigenvalue weighted by Gasteiger charge is -2.20. The second-order valence-corrected chi connectivity index (χ2v) is 6.72. The van der Waals surface area contributed by atoms with Crippen LogP contribution in [0.1, 0.15) is 46.5 Å². The molecule has 0 atom stereocenters. The highest BCUT2D eigenvalue weighted by molar-refractivity contribution is 7.99. The Kier molecular flexibility index (Phi) is 4.78. The predicted octanol–water partition coefficient (Wildman–Crippen LogP) is 2.62. The molecule has 0 saturated heterocycles. The zero-order valence-corrected chi connectivity index (χ0v) is 12.4. The summed E-state index contributed by atoms with van der Waals surface area (Å²) in [5.41, 5.74) is 0.133. The van der Waals surface area contributed by atoms with Crippen molar-refractivity contribution in [3.8, 4) is 0 Å². The van der Waals surface area contributed by atoms with E-state index in [2.05, 4.69) is 44.8 Å². The fourth-order valence-corrected chi connectivity index (χ4v) is 2.45. The van der Waals surface area contributed by atoms with Crippen molar-refractivity contribution >= 4 is 17.7 Å². The molecule has 5 nitrogen and oxygen atoms in total. The van der Waals surface area contributed by atoms with Crippen LogP contribution in [0.2, 0.25) is 0 Å². The third kappa shape index (κ3) is 4.33. The number of carboxylic acids is 1. The molecule has 6 heteroatoms. The Morgan fingerprint density at radius 2 is 2.00 bits per heavy atom. The van der Waals surface area contributed by atoms with Crippen molar-refractivity contribution in [3.05, 3.63) is 5.82 Å². The van der Waals surface area contributed by atoms with Gasteiger partial charge in [-0.1, -0.05) is 32.5 Å². The normalized spacial score (nSPS) is 12.1. The minimum atomic E-state index is -0.837.